The molecule has 0 fully saturated rings. The molecule has 0 spiro atoms. The van der Waals surface area contributed by atoms with Crippen molar-refractivity contribution in [2.45, 2.75) is 25.3 Å². The molecule has 0 aliphatic heterocycles. The summed E-state index contributed by atoms with van der Waals surface area (Å²) in [4.78, 5) is 8.62. The van der Waals surface area contributed by atoms with Gasteiger partial charge >= 0.3 is 0 Å². The molecule has 0 aliphatic carbocycles. The molecule has 0 aliphatic rings. The Morgan fingerprint density at radius 3 is 2.69 bits per heavy atom. The number of hydrogen-bond acceptors (Lipinski definition) is 6. The molecule has 0 saturated carbocycles. The first-order valence-electron chi connectivity index (χ1n) is 8.08. The van der Waals surface area contributed by atoms with Gasteiger partial charge in [-0.05, 0) is 49.7 Å². The molecule has 0 bridgehead atoms. The third kappa shape index (κ3) is 3.92. The zero-order chi connectivity index (χ0) is 18.6. The van der Waals surface area contributed by atoms with Crippen LogP contribution in [0.5, 0.6) is 5.75 Å². The molecule has 3 aromatic rings. The second-order valence-electron chi connectivity index (χ2n) is 5.51. The summed E-state index contributed by atoms with van der Waals surface area (Å²) in [6, 6.07) is 8.24. The standard InChI is InChI=1S/C18H19N3O4S/c1-3-24-16-7-6-14(11-13(16)2)26(22,23)21-12-15-18(20-9-8-19-15)17-5-4-10-25-17/h4-11,21H,3,12H2,1-2H3. The summed E-state index contributed by atoms with van der Waals surface area (Å²) < 4.78 is 38.5. The van der Waals surface area contributed by atoms with Crippen LogP contribution in [0.25, 0.3) is 11.5 Å². The van der Waals surface area contributed by atoms with Gasteiger partial charge in [0.2, 0.25) is 10.0 Å². The van der Waals surface area contributed by atoms with Crippen LogP contribution in [0.15, 0.2) is 58.3 Å². The fourth-order valence-electron chi connectivity index (χ4n) is 2.47. The molecule has 0 radical (unpaired) electrons. The summed E-state index contributed by atoms with van der Waals surface area (Å²) in [5.41, 5.74) is 1.74. The van der Waals surface area contributed by atoms with E-state index in [1.165, 1.54) is 24.7 Å². The van der Waals surface area contributed by atoms with Crippen LogP contribution in [-0.2, 0) is 16.6 Å². The maximum atomic E-state index is 12.6. The number of ether oxygens (including phenoxy) is 1. The number of nitrogens with zero attached hydrogens (tertiary/aromatic N) is 2. The normalized spacial score (nSPS) is 11.5. The fourth-order valence-corrected chi connectivity index (χ4v) is 3.54. The minimum Gasteiger partial charge on any atom is -0.494 e. The summed E-state index contributed by atoms with van der Waals surface area (Å²) in [7, 11) is -3.70. The number of furan rings is 1. The van der Waals surface area contributed by atoms with Gasteiger partial charge < -0.3 is 9.15 Å². The number of hydrogen-bond donors (Lipinski definition) is 1. The Bertz CT molecular complexity index is 985. The number of sulfonamides is 1. The predicted molar refractivity (Wildman–Crippen MR) is 96.1 cm³/mol. The molecular weight excluding hydrogens is 354 g/mol. The van der Waals surface area contributed by atoms with E-state index in [1.807, 2.05) is 13.8 Å². The van der Waals surface area contributed by atoms with Gasteiger partial charge in [-0.1, -0.05) is 0 Å². The Balaban J connectivity index is 1.81. The molecule has 2 aromatic heterocycles. The van der Waals surface area contributed by atoms with Crippen molar-refractivity contribution < 1.29 is 17.6 Å². The lowest BCUT2D eigenvalue weighted by atomic mass is 10.2. The van der Waals surface area contributed by atoms with E-state index in [0.717, 1.165) is 5.56 Å². The van der Waals surface area contributed by atoms with Crippen molar-refractivity contribution >= 4 is 10.0 Å². The zero-order valence-electron chi connectivity index (χ0n) is 14.5. The molecule has 8 heteroatoms. The van der Waals surface area contributed by atoms with Crippen LogP contribution in [0.2, 0.25) is 0 Å². The van der Waals surface area contributed by atoms with Crippen LogP contribution in [0.1, 0.15) is 18.2 Å². The van der Waals surface area contributed by atoms with Crippen molar-refractivity contribution in [1.29, 1.82) is 0 Å². The molecule has 0 unspecified atom stereocenters. The minimum atomic E-state index is -3.70. The van der Waals surface area contributed by atoms with Crippen molar-refractivity contribution in [3.05, 3.63) is 60.2 Å². The van der Waals surface area contributed by atoms with Gasteiger partial charge in [-0.25, -0.2) is 18.1 Å². The van der Waals surface area contributed by atoms with Crippen LogP contribution in [-0.4, -0.2) is 25.0 Å². The van der Waals surface area contributed by atoms with Gasteiger partial charge in [-0.15, -0.1) is 0 Å². The van der Waals surface area contributed by atoms with Crippen LogP contribution >= 0.6 is 0 Å². The second-order valence-corrected chi connectivity index (χ2v) is 7.28. The van der Waals surface area contributed by atoms with Crippen LogP contribution in [0.3, 0.4) is 0 Å². The Morgan fingerprint density at radius 2 is 2.00 bits per heavy atom. The maximum absolute atomic E-state index is 12.6. The predicted octanol–water partition coefficient (Wildman–Crippen LogP) is 2.92. The number of rotatable bonds is 7. The highest BCUT2D eigenvalue weighted by atomic mass is 32.2. The molecular formula is C18H19N3O4S. The smallest absolute Gasteiger partial charge is 0.240 e. The van der Waals surface area contributed by atoms with E-state index >= 15 is 0 Å². The van der Waals surface area contributed by atoms with Gasteiger partial charge in [0.15, 0.2) is 5.76 Å². The van der Waals surface area contributed by atoms with Crippen LogP contribution in [0, 0.1) is 6.92 Å². The first-order valence-corrected chi connectivity index (χ1v) is 9.56. The highest BCUT2D eigenvalue weighted by Gasteiger charge is 2.18. The number of benzene rings is 1. The average molecular weight is 373 g/mol. The fraction of sp³-hybridized carbons (Fsp3) is 0.222. The minimum absolute atomic E-state index is 0.00152. The van der Waals surface area contributed by atoms with Crippen molar-refractivity contribution in [3.8, 4) is 17.2 Å². The molecule has 7 nitrogen and oxygen atoms in total. The third-order valence-corrected chi connectivity index (χ3v) is 5.11. The second kappa shape index (κ2) is 7.67. The average Bonchev–Trinajstić information content (AvgIpc) is 3.16. The van der Waals surface area contributed by atoms with Gasteiger partial charge in [-0.3, -0.25) is 4.98 Å². The van der Waals surface area contributed by atoms with Gasteiger partial charge in [0, 0.05) is 12.4 Å². The molecule has 0 saturated heterocycles. The quantitative estimate of drug-likeness (QED) is 0.684. The SMILES string of the molecule is CCOc1ccc(S(=O)(=O)NCc2nccnc2-c2ccco2)cc1C. The van der Waals surface area contributed by atoms with Crippen molar-refractivity contribution in [3.63, 3.8) is 0 Å². The highest BCUT2D eigenvalue weighted by molar-refractivity contribution is 7.89. The van der Waals surface area contributed by atoms with Crippen molar-refractivity contribution in [2.75, 3.05) is 6.61 Å². The molecule has 0 atom stereocenters. The van der Waals surface area contributed by atoms with E-state index in [2.05, 4.69) is 14.7 Å². The summed E-state index contributed by atoms with van der Waals surface area (Å²) >= 11 is 0. The van der Waals surface area contributed by atoms with E-state index in [0.29, 0.717) is 29.5 Å². The molecule has 3 rings (SSSR count). The summed E-state index contributed by atoms with van der Waals surface area (Å²) in [5, 5.41) is 0. The van der Waals surface area contributed by atoms with E-state index in [4.69, 9.17) is 9.15 Å². The highest BCUT2D eigenvalue weighted by Crippen LogP contribution is 2.23. The van der Waals surface area contributed by atoms with Gasteiger partial charge in [-0.2, -0.15) is 0 Å². The first-order chi connectivity index (χ1) is 12.5. The van der Waals surface area contributed by atoms with Gasteiger partial charge in [0.25, 0.3) is 0 Å². The van der Waals surface area contributed by atoms with E-state index in [1.54, 1.807) is 24.3 Å². The van der Waals surface area contributed by atoms with E-state index in [-0.39, 0.29) is 11.4 Å². The number of aromatic nitrogens is 2. The van der Waals surface area contributed by atoms with Crippen LogP contribution < -0.4 is 9.46 Å². The van der Waals surface area contributed by atoms with E-state index < -0.39 is 10.0 Å². The molecule has 0 amide bonds. The number of nitrogens with one attached hydrogen (secondary N) is 1. The topological polar surface area (TPSA) is 94.3 Å². The largest absolute Gasteiger partial charge is 0.494 e. The first kappa shape index (κ1) is 18.1. The van der Waals surface area contributed by atoms with E-state index in [9.17, 15) is 8.42 Å². The Hall–Kier alpha value is -2.71. The lowest BCUT2D eigenvalue weighted by molar-refractivity contribution is 0.337. The molecule has 1 aromatic carbocycles. The molecule has 26 heavy (non-hydrogen) atoms. The lowest BCUT2D eigenvalue weighted by Crippen LogP contribution is -2.24. The summed E-state index contributed by atoms with van der Waals surface area (Å²) in [6.07, 6.45) is 4.57. The van der Waals surface area contributed by atoms with Crippen molar-refractivity contribution in [1.82, 2.24) is 14.7 Å². The Labute approximate surface area is 152 Å². The summed E-state index contributed by atoms with van der Waals surface area (Å²) in [6.45, 7) is 4.21. The molecule has 136 valence electrons. The zero-order valence-corrected chi connectivity index (χ0v) is 15.3. The summed E-state index contributed by atoms with van der Waals surface area (Å²) in [5.74, 6) is 1.20. The monoisotopic (exact) mass is 373 g/mol. The van der Waals surface area contributed by atoms with Crippen LogP contribution in [0.4, 0.5) is 0 Å². The van der Waals surface area contributed by atoms with Crippen molar-refractivity contribution in [2.24, 2.45) is 0 Å². The maximum Gasteiger partial charge on any atom is 0.240 e. The number of aryl methyl sites for hydroxylation is 1. The molecule has 2 heterocycles. The third-order valence-electron chi connectivity index (χ3n) is 3.71. The van der Waals surface area contributed by atoms with Gasteiger partial charge in [0.05, 0.1) is 30.0 Å². The lowest BCUT2D eigenvalue weighted by Gasteiger charge is -2.11. The Kier molecular flexibility index (Phi) is 5.34. The molecule has 1 N–H and O–H groups in total. The Morgan fingerprint density at radius 1 is 1.19 bits per heavy atom. The van der Waals surface area contributed by atoms with Gasteiger partial charge in [0.1, 0.15) is 11.4 Å².